The van der Waals surface area contributed by atoms with Gasteiger partial charge in [-0.05, 0) is 43.4 Å². The number of benzene rings is 1. The van der Waals surface area contributed by atoms with Crippen LogP contribution in [-0.4, -0.2) is 57.2 Å². The second-order valence-electron chi connectivity index (χ2n) is 8.65. The van der Waals surface area contributed by atoms with Gasteiger partial charge in [-0.25, -0.2) is 0 Å². The van der Waals surface area contributed by atoms with E-state index >= 15 is 0 Å². The Hall–Kier alpha value is -2.20. The quantitative estimate of drug-likeness (QED) is 0.283. The molecule has 2 aromatic heterocycles. The Morgan fingerprint density at radius 1 is 1.03 bits per heavy atom. The van der Waals surface area contributed by atoms with Gasteiger partial charge in [0.2, 0.25) is 0 Å². The van der Waals surface area contributed by atoms with Crippen LogP contribution in [0.5, 0.6) is 0 Å². The van der Waals surface area contributed by atoms with Gasteiger partial charge in [0.05, 0.1) is 0 Å². The van der Waals surface area contributed by atoms with Gasteiger partial charge in [0, 0.05) is 50.9 Å². The third-order valence-electron chi connectivity index (χ3n) is 6.68. The molecule has 0 spiro atoms. The van der Waals surface area contributed by atoms with Gasteiger partial charge in [0.1, 0.15) is 5.82 Å². The average Bonchev–Trinajstić information content (AvgIpc) is 3.31. The molecule has 170 valence electrons. The van der Waals surface area contributed by atoms with Crippen molar-refractivity contribution in [3.8, 4) is 0 Å². The van der Waals surface area contributed by atoms with Gasteiger partial charge in [0.25, 0.3) is 0 Å². The Bertz CT molecular complexity index is 1020. The van der Waals surface area contributed by atoms with Crippen molar-refractivity contribution < 1.29 is 0 Å². The number of aromatic nitrogens is 3. The molecule has 3 aromatic rings. The van der Waals surface area contributed by atoms with Gasteiger partial charge in [-0.2, -0.15) is 0 Å². The van der Waals surface area contributed by atoms with Gasteiger partial charge < -0.3 is 10.6 Å². The molecule has 2 atom stereocenters. The normalized spacial score (nSPS) is 23.2. The van der Waals surface area contributed by atoms with E-state index in [0.29, 0.717) is 18.1 Å². The summed E-state index contributed by atoms with van der Waals surface area (Å²) in [6.45, 7) is 1.84. The van der Waals surface area contributed by atoms with E-state index in [4.69, 9.17) is 0 Å². The Morgan fingerprint density at radius 3 is 2.53 bits per heavy atom. The fourth-order valence-electron chi connectivity index (χ4n) is 5.19. The number of hydrogen-bond donors (Lipinski definition) is 2. The zero-order valence-corrected chi connectivity index (χ0v) is 20.9. The summed E-state index contributed by atoms with van der Waals surface area (Å²) in [7, 11) is 1.85. The van der Waals surface area contributed by atoms with Gasteiger partial charge >= 0.3 is 0 Å². The minimum absolute atomic E-state index is 0. The molecule has 2 bridgehead atoms. The zero-order valence-electron chi connectivity index (χ0n) is 18.5. The number of rotatable bonds is 6. The molecule has 2 aliphatic heterocycles. The van der Waals surface area contributed by atoms with Crippen molar-refractivity contribution in [2.45, 2.75) is 56.8 Å². The molecule has 4 heterocycles. The van der Waals surface area contributed by atoms with Gasteiger partial charge in [-0.15, -0.1) is 34.2 Å². The zero-order chi connectivity index (χ0) is 21.0. The maximum atomic E-state index is 4.46. The van der Waals surface area contributed by atoms with Crippen molar-refractivity contribution in [2.24, 2.45) is 4.99 Å². The van der Waals surface area contributed by atoms with E-state index in [-0.39, 0.29) is 24.0 Å². The summed E-state index contributed by atoms with van der Waals surface area (Å²) in [6, 6.07) is 18.6. The number of nitrogens with one attached hydrogen (secondary N) is 2. The average molecular weight is 545 g/mol. The molecule has 0 aliphatic carbocycles. The van der Waals surface area contributed by atoms with E-state index in [9.17, 15) is 0 Å². The van der Waals surface area contributed by atoms with E-state index < -0.39 is 0 Å². The van der Waals surface area contributed by atoms with Gasteiger partial charge in [0.15, 0.2) is 11.6 Å². The first-order valence-corrected chi connectivity index (χ1v) is 11.4. The fraction of sp³-hybridized carbons (Fsp3) is 0.458. The topological polar surface area (TPSA) is 69.8 Å². The largest absolute Gasteiger partial charge is 0.356 e. The van der Waals surface area contributed by atoms with E-state index in [0.717, 1.165) is 36.9 Å². The summed E-state index contributed by atoms with van der Waals surface area (Å²) in [5.74, 6) is 1.85. The number of halogens is 1. The van der Waals surface area contributed by atoms with Crippen molar-refractivity contribution in [1.82, 2.24) is 30.1 Å². The maximum Gasteiger partial charge on any atom is 0.191 e. The number of fused-ring (bicyclic) bond motifs is 3. The van der Waals surface area contributed by atoms with Crippen LogP contribution in [-0.2, 0) is 13.0 Å². The van der Waals surface area contributed by atoms with Crippen molar-refractivity contribution in [1.29, 1.82) is 0 Å². The van der Waals surface area contributed by atoms with Crippen LogP contribution in [0.3, 0.4) is 0 Å². The van der Waals surface area contributed by atoms with E-state index in [1.165, 1.54) is 31.2 Å². The molecular formula is C24H32IN7. The highest BCUT2D eigenvalue weighted by Crippen LogP contribution is 2.36. The lowest BCUT2D eigenvalue weighted by molar-refractivity contribution is 0.114. The Balaban J connectivity index is 0.00000245. The van der Waals surface area contributed by atoms with E-state index in [1.807, 2.05) is 35.8 Å². The first kappa shape index (κ1) is 23.0. The molecule has 7 nitrogen and oxygen atoms in total. The molecule has 5 rings (SSSR count). The summed E-state index contributed by atoms with van der Waals surface area (Å²) < 4.78 is 2.04. The Morgan fingerprint density at radius 2 is 1.78 bits per heavy atom. The molecule has 2 unspecified atom stereocenters. The summed E-state index contributed by atoms with van der Waals surface area (Å²) in [5.41, 5.74) is 2.31. The molecular weight excluding hydrogens is 513 g/mol. The molecule has 2 saturated heterocycles. The van der Waals surface area contributed by atoms with Gasteiger partial charge in [-0.1, -0.05) is 36.4 Å². The molecule has 1 aromatic carbocycles. The third-order valence-corrected chi connectivity index (χ3v) is 6.68. The highest BCUT2D eigenvalue weighted by molar-refractivity contribution is 14.0. The molecule has 2 N–H and O–H groups in total. The van der Waals surface area contributed by atoms with Crippen LogP contribution in [0, 0.1) is 0 Å². The minimum Gasteiger partial charge on any atom is -0.356 e. The van der Waals surface area contributed by atoms with E-state index in [2.05, 4.69) is 61.1 Å². The SMILES string of the molecule is CN=C(NCCc1nnc2ccccn12)NC1CC2CCC(C1)N2Cc1ccccc1.I. The minimum atomic E-state index is 0. The van der Waals surface area contributed by atoms with Crippen LogP contribution in [0.15, 0.2) is 59.7 Å². The van der Waals surface area contributed by atoms with Gasteiger partial charge in [-0.3, -0.25) is 14.3 Å². The van der Waals surface area contributed by atoms with Crippen LogP contribution in [0.2, 0.25) is 0 Å². The first-order chi connectivity index (χ1) is 15.3. The number of pyridine rings is 1. The third kappa shape index (κ3) is 5.06. The predicted molar refractivity (Wildman–Crippen MR) is 138 cm³/mol. The van der Waals surface area contributed by atoms with Crippen LogP contribution >= 0.6 is 24.0 Å². The molecule has 8 heteroatoms. The summed E-state index contributed by atoms with van der Waals surface area (Å²) in [6.07, 6.45) is 7.78. The Labute approximate surface area is 206 Å². The second-order valence-corrected chi connectivity index (χ2v) is 8.65. The van der Waals surface area contributed by atoms with Crippen LogP contribution < -0.4 is 10.6 Å². The molecule has 2 fully saturated rings. The van der Waals surface area contributed by atoms with Crippen LogP contribution in [0.4, 0.5) is 0 Å². The second kappa shape index (κ2) is 10.6. The monoisotopic (exact) mass is 545 g/mol. The fourth-order valence-corrected chi connectivity index (χ4v) is 5.19. The van der Waals surface area contributed by atoms with E-state index in [1.54, 1.807) is 0 Å². The lowest BCUT2D eigenvalue weighted by Gasteiger charge is -2.39. The number of nitrogens with zero attached hydrogens (tertiary/aromatic N) is 5. The number of guanidine groups is 1. The molecule has 32 heavy (non-hydrogen) atoms. The lowest BCUT2D eigenvalue weighted by atomic mass is 9.96. The first-order valence-electron chi connectivity index (χ1n) is 11.4. The number of piperidine rings is 1. The van der Waals surface area contributed by atoms with Crippen LogP contribution in [0.1, 0.15) is 37.1 Å². The number of aliphatic imine (C=N–C) groups is 1. The summed E-state index contributed by atoms with van der Waals surface area (Å²) in [5, 5.41) is 15.7. The molecule has 0 saturated carbocycles. The number of hydrogen-bond acceptors (Lipinski definition) is 4. The summed E-state index contributed by atoms with van der Waals surface area (Å²) in [4.78, 5) is 7.18. The Kier molecular flexibility index (Phi) is 7.62. The molecule has 0 amide bonds. The van der Waals surface area contributed by atoms with Crippen molar-refractivity contribution >= 4 is 35.6 Å². The smallest absolute Gasteiger partial charge is 0.191 e. The highest BCUT2D eigenvalue weighted by atomic mass is 127. The predicted octanol–water partition coefficient (Wildman–Crippen LogP) is 3.25. The summed E-state index contributed by atoms with van der Waals surface area (Å²) >= 11 is 0. The van der Waals surface area contributed by atoms with Crippen molar-refractivity contribution in [3.63, 3.8) is 0 Å². The standard InChI is InChI=1S/C24H31N7.HI/c1-25-24(26-13-12-23-29-28-22-9-5-6-14-30(22)23)27-19-15-20-10-11-21(16-19)31(20)17-18-7-3-2-4-8-18;/h2-9,14,19-21H,10-13,15-17H2,1H3,(H2,25,26,27);1H. The van der Waals surface area contributed by atoms with Crippen molar-refractivity contribution in [3.05, 3.63) is 66.1 Å². The maximum absolute atomic E-state index is 4.46. The molecule has 0 radical (unpaired) electrons. The highest BCUT2D eigenvalue weighted by Gasteiger charge is 2.40. The molecule has 2 aliphatic rings. The lowest BCUT2D eigenvalue weighted by Crippen LogP contribution is -2.52. The van der Waals surface area contributed by atoms with Crippen molar-refractivity contribution in [2.75, 3.05) is 13.6 Å². The van der Waals surface area contributed by atoms with Crippen LogP contribution in [0.25, 0.3) is 5.65 Å².